The molecule has 2 heterocycles. The molecule has 1 saturated heterocycles. The molecule has 1 aromatic heterocycles. The van der Waals surface area contributed by atoms with Crippen molar-refractivity contribution in [1.29, 1.82) is 0 Å². The van der Waals surface area contributed by atoms with Crippen LogP contribution in [0.3, 0.4) is 0 Å². The number of nitrogens with two attached hydrogens (primary N) is 1. The van der Waals surface area contributed by atoms with Gasteiger partial charge in [0.2, 0.25) is 0 Å². The van der Waals surface area contributed by atoms with E-state index >= 15 is 0 Å². The molecule has 2 N–H and O–H groups in total. The van der Waals surface area contributed by atoms with Gasteiger partial charge < -0.3 is 15.2 Å². The number of anilines is 1. The summed E-state index contributed by atoms with van der Waals surface area (Å²) in [6, 6.07) is 0. The van der Waals surface area contributed by atoms with Gasteiger partial charge in [-0.25, -0.2) is 4.68 Å². The molecule has 0 aliphatic carbocycles. The molecule has 0 amide bonds. The van der Waals surface area contributed by atoms with Gasteiger partial charge in [-0.2, -0.15) is 0 Å². The maximum Gasteiger partial charge on any atom is 0.165 e. The van der Waals surface area contributed by atoms with Crippen molar-refractivity contribution >= 4 is 5.82 Å². The van der Waals surface area contributed by atoms with Crippen LogP contribution >= 0.6 is 0 Å². The Morgan fingerprint density at radius 3 is 3.00 bits per heavy atom. The standard InChI is InChI=1S/C9H16N4O2/c10-9-7-13(12-11-9)3-6-15-8-1-4-14-5-2-8/h7-8H,1-6,10H2. The second-order valence-corrected chi connectivity index (χ2v) is 3.59. The summed E-state index contributed by atoms with van der Waals surface area (Å²) in [4.78, 5) is 0. The Balaban J connectivity index is 1.65. The normalized spacial score (nSPS) is 18.1. The second-order valence-electron chi connectivity index (χ2n) is 3.59. The highest BCUT2D eigenvalue weighted by atomic mass is 16.5. The van der Waals surface area contributed by atoms with Gasteiger partial charge in [0.25, 0.3) is 0 Å². The van der Waals surface area contributed by atoms with Crippen molar-refractivity contribution in [2.24, 2.45) is 0 Å². The summed E-state index contributed by atoms with van der Waals surface area (Å²) in [5.41, 5.74) is 5.44. The van der Waals surface area contributed by atoms with Gasteiger partial charge in [0.05, 0.1) is 25.5 Å². The van der Waals surface area contributed by atoms with E-state index in [1.807, 2.05) is 0 Å². The molecule has 0 spiro atoms. The number of aromatic nitrogens is 3. The van der Waals surface area contributed by atoms with Crippen LogP contribution in [0.5, 0.6) is 0 Å². The van der Waals surface area contributed by atoms with E-state index in [2.05, 4.69) is 10.3 Å². The molecule has 0 bridgehead atoms. The Kier molecular flexibility index (Phi) is 3.52. The smallest absolute Gasteiger partial charge is 0.165 e. The van der Waals surface area contributed by atoms with Crippen LogP contribution in [0.1, 0.15) is 12.8 Å². The van der Waals surface area contributed by atoms with Crippen LogP contribution < -0.4 is 5.73 Å². The third kappa shape index (κ3) is 3.17. The number of rotatable bonds is 4. The number of hydrogen-bond donors (Lipinski definition) is 1. The number of hydrogen-bond acceptors (Lipinski definition) is 5. The Morgan fingerprint density at radius 1 is 1.53 bits per heavy atom. The van der Waals surface area contributed by atoms with E-state index < -0.39 is 0 Å². The summed E-state index contributed by atoms with van der Waals surface area (Å²) < 4.78 is 12.6. The lowest BCUT2D eigenvalue weighted by molar-refractivity contribution is -0.0345. The molecular weight excluding hydrogens is 196 g/mol. The molecule has 1 fully saturated rings. The first-order valence-corrected chi connectivity index (χ1v) is 5.19. The van der Waals surface area contributed by atoms with Crippen molar-refractivity contribution < 1.29 is 9.47 Å². The fraction of sp³-hybridized carbons (Fsp3) is 0.778. The molecule has 0 unspecified atom stereocenters. The van der Waals surface area contributed by atoms with Crippen LogP contribution in [-0.4, -0.2) is 40.9 Å². The molecule has 1 aliphatic rings. The highest BCUT2D eigenvalue weighted by molar-refractivity contribution is 5.19. The van der Waals surface area contributed by atoms with Crippen LogP contribution in [0.25, 0.3) is 0 Å². The van der Waals surface area contributed by atoms with Gasteiger partial charge in [-0.05, 0) is 12.8 Å². The topological polar surface area (TPSA) is 75.2 Å². The highest BCUT2D eigenvalue weighted by Gasteiger charge is 2.13. The maximum absolute atomic E-state index is 5.69. The average molecular weight is 212 g/mol. The predicted molar refractivity (Wildman–Crippen MR) is 54.2 cm³/mol. The number of ether oxygens (including phenoxy) is 2. The van der Waals surface area contributed by atoms with Crippen molar-refractivity contribution in [3.63, 3.8) is 0 Å². The van der Waals surface area contributed by atoms with E-state index in [9.17, 15) is 0 Å². The third-order valence-electron chi connectivity index (χ3n) is 2.40. The molecule has 2 rings (SSSR count). The quantitative estimate of drug-likeness (QED) is 0.763. The Morgan fingerprint density at radius 2 is 2.33 bits per heavy atom. The van der Waals surface area contributed by atoms with Crippen LogP contribution in [0.15, 0.2) is 6.20 Å². The van der Waals surface area contributed by atoms with Gasteiger partial charge in [-0.15, -0.1) is 5.10 Å². The maximum atomic E-state index is 5.69. The van der Waals surface area contributed by atoms with Crippen molar-refractivity contribution in [2.75, 3.05) is 25.6 Å². The Bertz CT molecular complexity index is 296. The van der Waals surface area contributed by atoms with E-state index in [0.29, 0.717) is 25.1 Å². The highest BCUT2D eigenvalue weighted by Crippen LogP contribution is 2.10. The van der Waals surface area contributed by atoms with Gasteiger partial charge in [-0.1, -0.05) is 5.21 Å². The Labute approximate surface area is 88.3 Å². The zero-order valence-electron chi connectivity index (χ0n) is 8.63. The van der Waals surface area contributed by atoms with Gasteiger partial charge in [0.15, 0.2) is 5.82 Å². The molecular formula is C9H16N4O2. The SMILES string of the molecule is Nc1cn(CCOC2CCOCC2)nn1. The van der Waals surface area contributed by atoms with Crippen molar-refractivity contribution in [3.8, 4) is 0 Å². The molecule has 6 nitrogen and oxygen atoms in total. The lowest BCUT2D eigenvalue weighted by atomic mass is 10.2. The zero-order chi connectivity index (χ0) is 10.5. The van der Waals surface area contributed by atoms with Gasteiger partial charge >= 0.3 is 0 Å². The number of nitrogen functional groups attached to an aromatic ring is 1. The van der Waals surface area contributed by atoms with E-state index in [1.54, 1.807) is 10.9 Å². The average Bonchev–Trinajstić information content (AvgIpc) is 2.66. The fourth-order valence-electron chi connectivity index (χ4n) is 1.58. The fourth-order valence-corrected chi connectivity index (χ4v) is 1.58. The van der Waals surface area contributed by atoms with E-state index in [1.165, 1.54) is 0 Å². The third-order valence-corrected chi connectivity index (χ3v) is 2.40. The largest absolute Gasteiger partial charge is 0.381 e. The summed E-state index contributed by atoms with van der Waals surface area (Å²) >= 11 is 0. The lowest BCUT2D eigenvalue weighted by Gasteiger charge is -2.22. The summed E-state index contributed by atoms with van der Waals surface area (Å²) in [5.74, 6) is 0.445. The lowest BCUT2D eigenvalue weighted by Crippen LogP contribution is -2.24. The molecule has 15 heavy (non-hydrogen) atoms. The van der Waals surface area contributed by atoms with Gasteiger partial charge in [0, 0.05) is 13.2 Å². The van der Waals surface area contributed by atoms with E-state index in [-0.39, 0.29) is 0 Å². The molecule has 1 aliphatic heterocycles. The minimum Gasteiger partial charge on any atom is -0.381 e. The van der Waals surface area contributed by atoms with Crippen LogP contribution in [-0.2, 0) is 16.0 Å². The zero-order valence-corrected chi connectivity index (χ0v) is 8.63. The molecule has 0 aromatic carbocycles. The first kappa shape index (κ1) is 10.4. The van der Waals surface area contributed by atoms with E-state index in [4.69, 9.17) is 15.2 Å². The molecule has 6 heteroatoms. The summed E-state index contributed by atoms with van der Waals surface area (Å²) in [7, 11) is 0. The van der Waals surface area contributed by atoms with Crippen LogP contribution in [0.2, 0.25) is 0 Å². The Hall–Kier alpha value is -1.14. The second kappa shape index (κ2) is 5.09. The first-order chi connectivity index (χ1) is 7.34. The van der Waals surface area contributed by atoms with Crippen LogP contribution in [0.4, 0.5) is 5.82 Å². The van der Waals surface area contributed by atoms with E-state index in [0.717, 1.165) is 26.1 Å². The predicted octanol–water partition coefficient (Wildman–Crippen LogP) is 0.0559. The van der Waals surface area contributed by atoms with Gasteiger partial charge in [-0.3, -0.25) is 0 Å². The molecule has 0 saturated carbocycles. The molecule has 0 atom stereocenters. The minimum absolute atomic E-state index is 0.333. The minimum atomic E-state index is 0.333. The first-order valence-electron chi connectivity index (χ1n) is 5.19. The van der Waals surface area contributed by atoms with Crippen molar-refractivity contribution in [1.82, 2.24) is 15.0 Å². The summed E-state index contributed by atoms with van der Waals surface area (Å²) in [5, 5.41) is 7.53. The summed E-state index contributed by atoms with van der Waals surface area (Å²) in [6.07, 6.45) is 4.01. The van der Waals surface area contributed by atoms with Gasteiger partial charge in [0.1, 0.15) is 0 Å². The number of nitrogens with zero attached hydrogens (tertiary/aromatic N) is 3. The van der Waals surface area contributed by atoms with Crippen LogP contribution in [0, 0.1) is 0 Å². The van der Waals surface area contributed by atoms with Crippen molar-refractivity contribution in [3.05, 3.63) is 6.20 Å². The monoisotopic (exact) mass is 212 g/mol. The molecule has 1 aromatic rings. The van der Waals surface area contributed by atoms with Crippen molar-refractivity contribution in [2.45, 2.75) is 25.5 Å². The molecule has 0 radical (unpaired) electrons. The summed E-state index contributed by atoms with van der Waals surface area (Å²) in [6.45, 7) is 2.96. The molecule has 84 valence electrons.